The van der Waals surface area contributed by atoms with Crippen molar-refractivity contribution in [2.75, 3.05) is 6.54 Å². The van der Waals surface area contributed by atoms with Crippen LogP contribution in [0.3, 0.4) is 0 Å². The zero-order valence-electron chi connectivity index (χ0n) is 11.7. The molecule has 2 aromatic rings. The third kappa shape index (κ3) is 5.13. The molecule has 0 N–H and O–H groups in total. The van der Waals surface area contributed by atoms with Crippen LogP contribution in [-0.4, -0.2) is 17.7 Å². The molecule has 3 nitrogen and oxygen atoms in total. The quantitative estimate of drug-likeness (QED) is 0.721. The molecule has 0 radical (unpaired) electrons. The number of benzene rings is 2. The standard InChI is InChI=1S/C17H20NO2/c1-15(20-14-17-10-6-3-7-11-17)12-18(19)13-16-8-4-2-5-9-16/h2-11,15H,12-14H2,1H3/q-1. The lowest BCUT2D eigenvalue weighted by molar-refractivity contribution is 0.0347. The zero-order valence-corrected chi connectivity index (χ0v) is 11.7. The molecule has 2 rings (SSSR count). The number of ether oxygens (including phenoxy) is 1. The highest BCUT2D eigenvalue weighted by atomic mass is 16.5. The molecule has 0 heterocycles. The van der Waals surface area contributed by atoms with E-state index in [0.717, 1.165) is 16.2 Å². The molecule has 0 fully saturated rings. The Morgan fingerprint density at radius 2 is 1.50 bits per heavy atom. The summed E-state index contributed by atoms with van der Waals surface area (Å²) in [5.74, 6) is 0. The topological polar surface area (TPSA) is 35.5 Å². The molecule has 0 bridgehead atoms. The third-order valence-electron chi connectivity index (χ3n) is 3.04. The van der Waals surface area contributed by atoms with E-state index in [1.807, 2.05) is 67.6 Å². The molecule has 0 spiro atoms. The van der Waals surface area contributed by atoms with Gasteiger partial charge in [0.05, 0.1) is 12.7 Å². The molecule has 106 valence electrons. The van der Waals surface area contributed by atoms with Crippen molar-refractivity contribution in [3.05, 3.63) is 77.0 Å². The molecule has 0 aliphatic rings. The average Bonchev–Trinajstić information content (AvgIpc) is 2.47. The number of hydroxylamine groups is 2. The van der Waals surface area contributed by atoms with Gasteiger partial charge in [-0.05, 0) is 18.1 Å². The molecule has 1 atom stereocenters. The maximum absolute atomic E-state index is 11.9. The van der Waals surface area contributed by atoms with Crippen molar-refractivity contribution >= 4 is 0 Å². The van der Waals surface area contributed by atoms with Crippen LogP contribution in [-0.2, 0) is 17.9 Å². The summed E-state index contributed by atoms with van der Waals surface area (Å²) in [6.45, 7) is 3.25. The van der Waals surface area contributed by atoms with Crippen LogP contribution >= 0.6 is 0 Å². The number of rotatable bonds is 7. The van der Waals surface area contributed by atoms with E-state index in [1.165, 1.54) is 0 Å². The SMILES string of the molecule is CC(CN([O-])Cc1ccccc1)OCc1ccccc1. The largest absolute Gasteiger partial charge is 0.785 e. The van der Waals surface area contributed by atoms with E-state index in [2.05, 4.69) is 0 Å². The fourth-order valence-electron chi connectivity index (χ4n) is 2.00. The van der Waals surface area contributed by atoms with Gasteiger partial charge in [-0.15, -0.1) is 0 Å². The fraction of sp³-hybridized carbons (Fsp3) is 0.294. The molecule has 1 unspecified atom stereocenters. The molecule has 0 aromatic heterocycles. The molecular formula is C17H20NO2-. The Bertz CT molecular complexity index is 487. The first-order valence-electron chi connectivity index (χ1n) is 6.85. The average molecular weight is 270 g/mol. The summed E-state index contributed by atoms with van der Waals surface area (Å²) in [5, 5.41) is 12.9. The van der Waals surface area contributed by atoms with E-state index in [-0.39, 0.29) is 6.10 Å². The predicted octanol–water partition coefficient (Wildman–Crippen LogP) is 3.59. The van der Waals surface area contributed by atoms with Crippen molar-refractivity contribution in [3.8, 4) is 0 Å². The Hall–Kier alpha value is -1.68. The Balaban J connectivity index is 1.72. The van der Waals surface area contributed by atoms with Crippen LogP contribution in [0.2, 0.25) is 0 Å². The van der Waals surface area contributed by atoms with Crippen LogP contribution < -0.4 is 0 Å². The van der Waals surface area contributed by atoms with E-state index < -0.39 is 0 Å². The molecule has 0 aliphatic heterocycles. The maximum atomic E-state index is 11.9. The molecule has 2 aromatic carbocycles. The van der Waals surface area contributed by atoms with Crippen LogP contribution in [0, 0.1) is 5.21 Å². The monoisotopic (exact) mass is 270 g/mol. The van der Waals surface area contributed by atoms with Gasteiger partial charge in [0, 0.05) is 13.1 Å². The Kier molecular flexibility index (Phi) is 5.74. The lowest BCUT2D eigenvalue weighted by atomic mass is 10.2. The zero-order chi connectivity index (χ0) is 14.2. The molecule has 0 saturated carbocycles. The van der Waals surface area contributed by atoms with Gasteiger partial charge < -0.3 is 15.0 Å². The summed E-state index contributed by atoms with van der Waals surface area (Å²) in [5.41, 5.74) is 2.15. The van der Waals surface area contributed by atoms with Gasteiger partial charge in [-0.3, -0.25) is 0 Å². The molecule has 3 heteroatoms. The minimum absolute atomic E-state index is 0.0866. The minimum atomic E-state index is -0.0866. The minimum Gasteiger partial charge on any atom is -0.785 e. The summed E-state index contributed by atoms with van der Waals surface area (Å²) in [6, 6.07) is 19.7. The van der Waals surface area contributed by atoms with E-state index in [9.17, 15) is 5.21 Å². The van der Waals surface area contributed by atoms with Crippen molar-refractivity contribution in [1.82, 2.24) is 5.06 Å². The second-order valence-corrected chi connectivity index (χ2v) is 4.92. The summed E-state index contributed by atoms with van der Waals surface area (Å²) >= 11 is 0. The number of hydrogen-bond donors (Lipinski definition) is 0. The lowest BCUT2D eigenvalue weighted by Gasteiger charge is -2.31. The molecule has 0 saturated heterocycles. The summed E-state index contributed by atoms with van der Waals surface area (Å²) in [6.07, 6.45) is -0.0866. The highest BCUT2D eigenvalue weighted by molar-refractivity contribution is 5.15. The molecule has 0 aliphatic carbocycles. The van der Waals surface area contributed by atoms with Gasteiger partial charge in [0.1, 0.15) is 0 Å². The third-order valence-corrected chi connectivity index (χ3v) is 3.04. The van der Waals surface area contributed by atoms with Gasteiger partial charge in [0.25, 0.3) is 0 Å². The van der Waals surface area contributed by atoms with Crippen molar-refractivity contribution in [2.45, 2.75) is 26.2 Å². The van der Waals surface area contributed by atoms with Crippen molar-refractivity contribution < 1.29 is 4.74 Å². The summed E-state index contributed by atoms with van der Waals surface area (Å²) in [7, 11) is 0. The summed E-state index contributed by atoms with van der Waals surface area (Å²) < 4.78 is 5.69. The highest BCUT2D eigenvalue weighted by Crippen LogP contribution is 2.07. The van der Waals surface area contributed by atoms with Gasteiger partial charge in [-0.2, -0.15) is 0 Å². The van der Waals surface area contributed by atoms with Gasteiger partial charge in [0.2, 0.25) is 0 Å². The first kappa shape index (κ1) is 14.7. The second kappa shape index (κ2) is 7.80. The normalized spacial score (nSPS) is 12.6. The van der Waals surface area contributed by atoms with Gasteiger partial charge in [-0.25, -0.2) is 0 Å². The fourth-order valence-corrected chi connectivity index (χ4v) is 2.00. The molecular weight excluding hydrogens is 250 g/mol. The van der Waals surface area contributed by atoms with Gasteiger partial charge >= 0.3 is 0 Å². The van der Waals surface area contributed by atoms with Crippen molar-refractivity contribution in [2.24, 2.45) is 0 Å². The summed E-state index contributed by atoms with van der Waals surface area (Å²) in [4.78, 5) is 0. The smallest absolute Gasteiger partial charge is 0.0721 e. The first-order valence-corrected chi connectivity index (χ1v) is 6.85. The molecule has 0 amide bonds. The van der Waals surface area contributed by atoms with E-state index in [0.29, 0.717) is 19.7 Å². The predicted molar refractivity (Wildman–Crippen MR) is 80.9 cm³/mol. The van der Waals surface area contributed by atoms with Crippen molar-refractivity contribution in [3.63, 3.8) is 0 Å². The lowest BCUT2D eigenvalue weighted by Crippen LogP contribution is -2.27. The van der Waals surface area contributed by atoms with Crippen LogP contribution in [0.15, 0.2) is 60.7 Å². The van der Waals surface area contributed by atoms with Crippen LogP contribution in [0.5, 0.6) is 0 Å². The van der Waals surface area contributed by atoms with E-state index in [4.69, 9.17) is 4.74 Å². The Morgan fingerprint density at radius 1 is 0.950 bits per heavy atom. The maximum Gasteiger partial charge on any atom is 0.0721 e. The van der Waals surface area contributed by atoms with Gasteiger partial charge in [0.15, 0.2) is 0 Å². The van der Waals surface area contributed by atoms with E-state index >= 15 is 0 Å². The van der Waals surface area contributed by atoms with Crippen molar-refractivity contribution in [1.29, 1.82) is 0 Å². The molecule has 20 heavy (non-hydrogen) atoms. The van der Waals surface area contributed by atoms with Crippen LogP contribution in [0.25, 0.3) is 0 Å². The first-order chi connectivity index (χ1) is 9.74. The second-order valence-electron chi connectivity index (χ2n) is 4.92. The number of nitrogens with zero attached hydrogens (tertiary/aromatic N) is 1. The van der Waals surface area contributed by atoms with Gasteiger partial charge in [-0.1, -0.05) is 60.7 Å². The Morgan fingerprint density at radius 3 is 2.10 bits per heavy atom. The number of hydrogen-bond acceptors (Lipinski definition) is 3. The van der Waals surface area contributed by atoms with Crippen LogP contribution in [0.4, 0.5) is 0 Å². The van der Waals surface area contributed by atoms with Crippen LogP contribution in [0.1, 0.15) is 18.1 Å². The Labute approximate surface area is 120 Å². The van der Waals surface area contributed by atoms with E-state index in [1.54, 1.807) is 0 Å². The highest BCUT2D eigenvalue weighted by Gasteiger charge is 2.04.